The van der Waals surface area contributed by atoms with Gasteiger partial charge in [0.2, 0.25) is 11.9 Å². The summed E-state index contributed by atoms with van der Waals surface area (Å²) in [5.41, 5.74) is 0.815. The van der Waals surface area contributed by atoms with Crippen molar-refractivity contribution in [2.24, 2.45) is 0 Å². The largest absolute Gasteiger partial charge is 0.368 e. The third-order valence-corrected chi connectivity index (χ3v) is 5.17. The molecule has 6 nitrogen and oxygen atoms in total. The number of hydrogen-bond donors (Lipinski definition) is 0. The molecule has 3 rings (SSSR count). The Labute approximate surface area is 146 Å². The van der Waals surface area contributed by atoms with E-state index in [2.05, 4.69) is 9.97 Å². The topological polar surface area (TPSA) is 58.6 Å². The lowest BCUT2D eigenvalue weighted by atomic mass is 10.1. The van der Waals surface area contributed by atoms with Crippen LogP contribution in [0, 0.1) is 0 Å². The second kappa shape index (κ2) is 7.27. The number of amides is 1. The maximum Gasteiger partial charge on any atom is 0.230 e. The molecule has 0 saturated carbocycles. The molecule has 7 heteroatoms. The molecule has 1 aliphatic rings. The predicted molar refractivity (Wildman–Crippen MR) is 94.4 cm³/mol. The molecule has 2 aromatic rings. The fourth-order valence-electron chi connectivity index (χ4n) is 2.72. The van der Waals surface area contributed by atoms with E-state index in [1.54, 1.807) is 17.5 Å². The van der Waals surface area contributed by atoms with Crippen LogP contribution in [-0.4, -0.2) is 54.6 Å². The van der Waals surface area contributed by atoms with E-state index in [0.717, 1.165) is 10.6 Å². The molecular weight excluding hydrogens is 324 g/mol. The Bertz CT molecular complexity index is 690. The molecule has 0 spiro atoms. The minimum Gasteiger partial charge on any atom is -0.368 e. The van der Waals surface area contributed by atoms with Crippen LogP contribution in [0.1, 0.15) is 29.5 Å². The van der Waals surface area contributed by atoms with Gasteiger partial charge in [0.15, 0.2) is 0 Å². The van der Waals surface area contributed by atoms with Crippen molar-refractivity contribution in [2.45, 2.75) is 18.9 Å². The Morgan fingerprint density at radius 1 is 1.46 bits per heavy atom. The van der Waals surface area contributed by atoms with Crippen LogP contribution in [-0.2, 0) is 9.53 Å². The number of ether oxygens (including phenoxy) is 1. The van der Waals surface area contributed by atoms with Gasteiger partial charge in [-0.05, 0) is 24.4 Å². The van der Waals surface area contributed by atoms with Crippen LogP contribution in [0.3, 0.4) is 0 Å². The maximum atomic E-state index is 12.8. The molecule has 3 heterocycles. The molecule has 128 valence electrons. The first-order valence-corrected chi connectivity index (χ1v) is 8.88. The van der Waals surface area contributed by atoms with Crippen molar-refractivity contribution in [1.29, 1.82) is 0 Å². The van der Waals surface area contributed by atoms with E-state index in [0.29, 0.717) is 25.6 Å². The predicted octanol–water partition coefficient (Wildman–Crippen LogP) is 2.31. The van der Waals surface area contributed by atoms with E-state index in [-0.39, 0.29) is 17.9 Å². The fourth-order valence-corrected chi connectivity index (χ4v) is 3.49. The maximum absolute atomic E-state index is 12.8. The van der Waals surface area contributed by atoms with Crippen molar-refractivity contribution in [3.8, 4) is 0 Å². The number of carbonyl (C=O) groups excluding carboxylic acids is 1. The number of morpholine rings is 1. The highest BCUT2D eigenvalue weighted by Crippen LogP contribution is 2.27. The van der Waals surface area contributed by atoms with Gasteiger partial charge in [-0.3, -0.25) is 4.79 Å². The minimum atomic E-state index is -0.208. The van der Waals surface area contributed by atoms with Gasteiger partial charge in [-0.25, -0.2) is 9.97 Å². The van der Waals surface area contributed by atoms with Crippen LogP contribution in [0.2, 0.25) is 0 Å². The van der Waals surface area contributed by atoms with Crippen molar-refractivity contribution in [3.63, 3.8) is 0 Å². The first-order chi connectivity index (χ1) is 11.6. The van der Waals surface area contributed by atoms with E-state index >= 15 is 0 Å². The molecule has 0 N–H and O–H groups in total. The number of aromatic nitrogens is 2. The van der Waals surface area contributed by atoms with Crippen LogP contribution in [0.15, 0.2) is 29.8 Å². The fraction of sp³-hybridized carbons (Fsp3) is 0.471. The first kappa shape index (κ1) is 16.9. The molecule has 0 unspecified atom stereocenters. The second-order valence-corrected chi connectivity index (χ2v) is 7.04. The second-order valence-electron chi connectivity index (χ2n) is 6.06. The third kappa shape index (κ3) is 3.57. The smallest absolute Gasteiger partial charge is 0.230 e. The van der Waals surface area contributed by atoms with E-state index in [4.69, 9.17) is 4.74 Å². The quantitative estimate of drug-likeness (QED) is 0.850. The summed E-state index contributed by atoms with van der Waals surface area (Å²) in [5.74, 6) is 0.672. The van der Waals surface area contributed by atoms with Gasteiger partial charge in [-0.2, -0.15) is 0 Å². The molecule has 24 heavy (non-hydrogen) atoms. The Balaban J connectivity index is 1.72. The van der Waals surface area contributed by atoms with Gasteiger partial charge in [-0.1, -0.05) is 6.07 Å². The Hall–Kier alpha value is -1.99. The zero-order valence-corrected chi connectivity index (χ0v) is 15.0. The summed E-state index contributed by atoms with van der Waals surface area (Å²) in [6.07, 6.45) is 1.52. The van der Waals surface area contributed by atoms with Crippen molar-refractivity contribution < 1.29 is 9.53 Å². The summed E-state index contributed by atoms with van der Waals surface area (Å²) in [4.78, 5) is 26.4. The Morgan fingerprint density at radius 2 is 2.29 bits per heavy atom. The summed E-state index contributed by atoms with van der Waals surface area (Å²) in [7, 11) is 3.80. The van der Waals surface area contributed by atoms with Gasteiger partial charge in [0.05, 0.1) is 24.8 Å². The zero-order chi connectivity index (χ0) is 17.1. The molecule has 1 saturated heterocycles. The lowest BCUT2D eigenvalue weighted by Gasteiger charge is -2.34. The average molecular weight is 346 g/mol. The highest BCUT2D eigenvalue weighted by molar-refractivity contribution is 7.10. The van der Waals surface area contributed by atoms with Crippen molar-refractivity contribution >= 4 is 23.2 Å². The van der Waals surface area contributed by atoms with Gasteiger partial charge in [0.1, 0.15) is 6.10 Å². The monoisotopic (exact) mass is 346 g/mol. The van der Waals surface area contributed by atoms with Crippen LogP contribution in [0.5, 0.6) is 0 Å². The van der Waals surface area contributed by atoms with Gasteiger partial charge in [-0.15, -0.1) is 11.3 Å². The molecular formula is C17H22N4O2S. The lowest BCUT2D eigenvalue weighted by molar-refractivity contribution is -0.140. The van der Waals surface area contributed by atoms with Crippen molar-refractivity contribution in [2.75, 3.05) is 38.7 Å². The SMILES string of the molecule is C[C@H](C(=O)N1CCO[C@@H](c2ccnc(N(C)C)n2)C1)c1cccs1. The average Bonchev–Trinajstić information content (AvgIpc) is 3.15. The van der Waals surface area contributed by atoms with Crippen LogP contribution in [0.4, 0.5) is 5.95 Å². The molecule has 0 bridgehead atoms. The van der Waals surface area contributed by atoms with Gasteiger partial charge in [0.25, 0.3) is 0 Å². The number of thiophene rings is 1. The Kier molecular flexibility index (Phi) is 5.11. The van der Waals surface area contributed by atoms with E-state index in [1.807, 2.05) is 54.4 Å². The van der Waals surface area contributed by atoms with Crippen LogP contribution < -0.4 is 4.90 Å². The highest BCUT2D eigenvalue weighted by Gasteiger charge is 2.30. The number of anilines is 1. The lowest BCUT2D eigenvalue weighted by Crippen LogP contribution is -2.44. The van der Waals surface area contributed by atoms with Crippen LogP contribution in [0.25, 0.3) is 0 Å². The third-order valence-electron chi connectivity index (χ3n) is 4.11. The summed E-state index contributed by atoms with van der Waals surface area (Å²) in [6, 6.07) is 5.85. The van der Waals surface area contributed by atoms with Gasteiger partial charge in [0, 0.05) is 31.7 Å². The van der Waals surface area contributed by atoms with Crippen LogP contribution >= 0.6 is 11.3 Å². The zero-order valence-electron chi connectivity index (χ0n) is 14.2. The summed E-state index contributed by atoms with van der Waals surface area (Å²) >= 11 is 1.62. The van der Waals surface area contributed by atoms with Crippen molar-refractivity contribution in [1.82, 2.24) is 14.9 Å². The molecule has 1 fully saturated rings. The van der Waals surface area contributed by atoms with E-state index < -0.39 is 0 Å². The normalized spacial score (nSPS) is 19.1. The number of nitrogens with zero attached hydrogens (tertiary/aromatic N) is 4. The molecule has 0 radical (unpaired) electrons. The van der Waals surface area contributed by atoms with Gasteiger partial charge >= 0.3 is 0 Å². The number of rotatable bonds is 4. The summed E-state index contributed by atoms with van der Waals surface area (Å²) < 4.78 is 5.85. The molecule has 2 aromatic heterocycles. The number of hydrogen-bond acceptors (Lipinski definition) is 6. The van der Waals surface area contributed by atoms with E-state index in [9.17, 15) is 4.79 Å². The van der Waals surface area contributed by atoms with Crippen molar-refractivity contribution in [3.05, 3.63) is 40.3 Å². The summed E-state index contributed by atoms with van der Waals surface area (Å²) in [6.45, 7) is 3.64. The number of carbonyl (C=O) groups is 1. The highest BCUT2D eigenvalue weighted by atomic mass is 32.1. The Morgan fingerprint density at radius 3 is 3.00 bits per heavy atom. The molecule has 0 aliphatic carbocycles. The first-order valence-electron chi connectivity index (χ1n) is 8.00. The minimum absolute atomic E-state index is 0.119. The summed E-state index contributed by atoms with van der Waals surface area (Å²) in [5, 5.41) is 2.00. The molecule has 1 amide bonds. The van der Waals surface area contributed by atoms with Gasteiger partial charge < -0.3 is 14.5 Å². The molecule has 2 atom stereocenters. The van der Waals surface area contributed by atoms with E-state index in [1.165, 1.54) is 0 Å². The molecule has 0 aromatic carbocycles. The standard InChI is InChI=1S/C17H22N4O2S/c1-12(15-5-4-10-24-15)16(22)21-8-9-23-14(11-21)13-6-7-18-17(19-13)20(2)3/h4-7,10,12,14H,8-9,11H2,1-3H3/t12-,14+/m0/s1. The molecule has 1 aliphatic heterocycles.